The predicted octanol–water partition coefficient (Wildman–Crippen LogP) is 5.64. The molecule has 0 saturated heterocycles. The van der Waals surface area contributed by atoms with Crippen molar-refractivity contribution < 1.29 is 4.42 Å². The van der Waals surface area contributed by atoms with Crippen molar-refractivity contribution >= 4 is 16.7 Å². The molecule has 4 rings (SSSR count). The molecule has 0 spiro atoms. The number of fused-ring (bicyclic) bond motifs is 1. The number of anilines is 1. The van der Waals surface area contributed by atoms with Crippen LogP contribution in [0.25, 0.3) is 22.3 Å². The average Bonchev–Trinajstić information content (AvgIpc) is 2.68. The summed E-state index contributed by atoms with van der Waals surface area (Å²) < 4.78 is 6.19. The summed E-state index contributed by atoms with van der Waals surface area (Å²) in [4.78, 5) is 0. The Morgan fingerprint density at radius 1 is 0.769 bits per heavy atom. The molecule has 1 N–H and O–H groups in total. The molecular weight excluding hydrogens is 320 g/mol. The lowest BCUT2D eigenvalue weighted by molar-refractivity contribution is 0.618. The molecule has 0 aliphatic carbocycles. The van der Waals surface area contributed by atoms with E-state index in [1.54, 1.807) is 0 Å². The van der Waals surface area contributed by atoms with Crippen molar-refractivity contribution in [3.8, 4) is 11.3 Å². The lowest BCUT2D eigenvalue weighted by Gasteiger charge is -2.08. The van der Waals surface area contributed by atoms with Gasteiger partial charge >= 0.3 is 0 Å². The van der Waals surface area contributed by atoms with Crippen molar-refractivity contribution in [1.82, 2.24) is 0 Å². The highest BCUT2D eigenvalue weighted by Crippen LogP contribution is 2.24. The minimum absolute atomic E-state index is 0.801. The first-order valence-electron chi connectivity index (χ1n) is 8.66. The lowest BCUT2D eigenvalue weighted by Crippen LogP contribution is -2.08. The van der Waals surface area contributed by atoms with Crippen LogP contribution in [0.2, 0.25) is 0 Å². The van der Waals surface area contributed by atoms with Crippen molar-refractivity contribution in [3.63, 3.8) is 0 Å². The predicted molar refractivity (Wildman–Crippen MR) is 107 cm³/mol. The van der Waals surface area contributed by atoms with Gasteiger partial charge in [0.15, 0.2) is 0 Å². The van der Waals surface area contributed by atoms with Gasteiger partial charge in [0.2, 0.25) is 0 Å². The molecule has 0 radical (unpaired) electrons. The molecule has 0 bridgehead atoms. The van der Waals surface area contributed by atoms with Gasteiger partial charge < -0.3 is 4.42 Å². The SMILES string of the molecule is Cc1cc2oc(-c3ccccc3)c/c(=N\Nc3ccccc3)c2cc1C. The van der Waals surface area contributed by atoms with E-state index in [-0.39, 0.29) is 0 Å². The van der Waals surface area contributed by atoms with Crippen LogP contribution in [0, 0.1) is 13.8 Å². The van der Waals surface area contributed by atoms with E-state index in [0.717, 1.165) is 33.3 Å². The van der Waals surface area contributed by atoms with Crippen molar-refractivity contribution in [2.24, 2.45) is 5.10 Å². The molecule has 26 heavy (non-hydrogen) atoms. The summed E-state index contributed by atoms with van der Waals surface area (Å²) in [6.07, 6.45) is 0. The number of hydrogen-bond acceptors (Lipinski definition) is 3. The zero-order valence-electron chi connectivity index (χ0n) is 14.9. The molecule has 0 aliphatic heterocycles. The van der Waals surface area contributed by atoms with Crippen molar-refractivity contribution in [1.29, 1.82) is 0 Å². The maximum absolute atomic E-state index is 6.19. The van der Waals surface area contributed by atoms with Crippen LogP contribution in [0.1, 0.15) is 11.1 Å². The third-order valence-electron chi connectivity index (χ3n) is 4.50. The van der Waals surface area contributed by atoms with Crippen LogP contribution in [0.15, 0.2) is 88.4 Å². The van der Waals surface area contributed by atoms with Crippen LogP contribution < -0.4 is 10.8 Å². The van der Waals surface area contributed by atoms with Crippen LogP contribution >= 0.6 is 0 Å². The monoisotopic (exact) mass is 340 g/mol. The zero-order chi connectivity index (χ0) is 17.9. The van der Waals surface area contributed by atoms with Gasteiger partial charge in [0.25, 0.3) is 0 Å². The molecule has 1 heterocycles. The second-order valence-corrected chi connectivity index (χ2v) is 6.38. The minimum atomic E-state index is 0.801. The second-order valence-electron chi connectivity index (χ2n) is 6.38. The third kappa shape index (κ3) is 3.24. The summed E-state index contributed by atoms with van der Waals surface area (Å²) in [6, 6.07) is 26.2. The van der Waals surface area contributed by atoms with Crippen LogP contribution in [-0.2, 0) is 0 Å². The first-order chi connectivity index (χ1) is 12.7. The van der Waals surface area contributed by atoms with Crippen LogP contribution in [0.5, 0.6) is 0 Å². The Bertz CT molecular complexity index is 1110. The Labute approximate surface area is 152 Å². The number of para-hydroxylation sites is 1. The number of benzene rings is 3. The van der Waals surface area contributed by atoms with Crippen LogP contribution in [0.3, 0.4) is 0 Å². The van der Waals surface area contributed by atoms with Gasteiger partial charge in [0, 0.05) is 17.0 Å². The molecule has 0 fully saturated rings. The number of aryl methyl sites for hydroxylation is 2. The van der Waals surface area contributed by atoms with Gasteiger partial charge in [-0.3, -0.25) is 5.43 Å². The van der Waals surface area contributed by atoms with Crippen molar-refractivity contribution in [2.45, 2.75) is 13.8 Å². The van der Waals surface area contributed by atoms with E-state index in [1.807, 2.05) is 66.7 Å². The highest BCUT2D eigenvalue weighted by atomic mass is 16.3. The quantitative estimate of drug-likeness (QED) is 0.490. The van der Waals surface area contributed by atoms with E-state index in [2.05, 4.69) is 36.5 Å². The van der Waals surface area contributed by atoms with E-state index in [0.29, 0.717) is 0 Å². The Balaban J connectivity index is 1.92. The molecular formula is C23H20N2O. The summed E-state index contributed by atoms with van der Waals surface area (Å²) in [5.41, 5.74) is 8.39. The van der Waals surface area contributed by atoms with Gasteiger partial charge in [-0.05, 0) is 49.2 Å². The summed E-state index contributed by atoms with van der Waals surface area (Å²) in [5.74, 6) is 0.801. The first-order valence-corrected chi connectivity index (χ1v) is 8.66. The Hall–Kier alpha value is -3.33. The molecule has 0 amide bonds. The molecule has 1 aromatic heterocycles. The molecule has 128 valence electrons. The van der Waals surface area contributed by atoms with Crippen LogP contribution in [-0.4, -0.2) is 0 Å². The molecule has 0 aliphatic rings. The summed E-state index contributed by atoms with van der Waals surface area (Å²) in [5, 5.41) is 6.51. The smallest absolute Gasteiger partial charge is 0.137 e. The molecule has 0 atom stereocenters. The van der Waals surface area contributed by atoms with Gasteiger partial charge in [-0.25, -0.2) is 0 Å². The minimum Gasteiger partial charge on any atom is -0.456 e. The highest BCUT2D eigenvalue weighted by Gasteiger charge is 2.07. The fraction of sp³-hybridized carbons (Fsp3) is 0.0870. The molecule has 3 aromatic carbocycles. The number of rotatable bonds is 3. The van der Waals surface area contributed by atoms with Gasteiger partial charge in [-0.15, -0.1) is 0 Å². The van der Waals surface area contributed by atoms with E-state index >= 15 is 0 Å². The molecule has 4 aromatic rings. The Kier molecular flexibility index (Phi) is 4.28. The normalized spacial score (nSPS) is 11.7. The first kappa shape index (κ1) is 16.2. The Morgan fingerprint density at radius 3 is 2.15 bits per heavy atom. The van der Waals surface area contributed by atoms with Gasteiger partial charge in [-0.2, -0.15) is 5.10 Å². The van der Waals surface area contributed by atoms with Crippen LogP contribution in [0.4, 0.5) is 5.69 Å². The van der Waals surface area contributed by atoms with E-state index < -0.39 is 0 Å². The fourth-order valence-electron chi connectivity index (χ4n) is 2.90. The number of nitrogens with one attached hydrogen (secondary N) is 1. The van der Waals surface area contributed by atoms with E-state index in [4.69, 9.17) is 4.42 Å². The summed E-state index contributed by atoms with van der Waals surface area (Å²) >= 11 is 0. The lowest BCUT2D eigenvalue weighted by atomic mass is 10.1. The largest absolute Gasteiger partial charge is 0.456 e. The van der Waals surface area contributed by atoms with Gasteiger partial charge in [0.05, 0.1) is 11.0 Å². The average molecular weight is 340 g/mol. The summed E-state index contributed by atoms with van der Waals surface area (Å²) in [7, 11) is 0. The fourth-order valence-corrected chi connectivity index (χ4v) is 2.90. The maximum atomic E-state index is 6.19. The Morgan fingerprint density at radius 2 is 1.42 bits per heavy atom. The maximum Gasteiger partial charge on any atom is 0.137 e. The number of nitrogens with zero attached hydrogens (tertiary/aromatic N) is 1. The second kappa shape index (κ2) is 6.89. The third-order valence-corrected chi connectivity index (χ3v) is 4.50. The molecule has 3 nitrogen and oxygen atoms in total. The van der Waals surface area contributed by atoms with Gasteiger partial charge in [-0.1, -0.05) is 48.5 Å². The van der Waals surface area contributed by atoms with E-state index in [1.165, 1.54) is 11.1 Å². The standard InChI is InChI=1S/C23H20N2O/c1-16-13-20-21(25-24-19-11-7-4-8-12-19)15-22(18-9-5-3-6-10-18)26-23(20)14-17(16)2/h3-15,24H,1-2H3/b25-21+. The van der Waals surface area contributed by atoms with Gasteiger partial charge in [0.1, 0.15) is 11.3 Å². The van der Waals surface area contributed by atoms with Crippen molar-refractivity contribution in [3.05, 3.63) is 95.3 Å². The molecule has 0 saturated carbocycles. The zero-order valence-corrected chi connectivity index (χ0v) is 14.9. The molecule has 0 unspecified atom stereocenters. The van der Waals surface area contributed by atoms with E-state index in [9.17, 15) is 0 Å². The topological polar surface area (TPSA) is 37.5 Å². The van der Waals surface area contributed by atoms with Crippen molar-refractivity contribution in [2.75, 3.05) is 5.43 Å². The molecule has 3 heteroatoms. The number of hydrogen-bond donors (Lipinski definition) is 1. The highest BCUT2D eigenvalue weighted by molar-refractivity contribution is 5.80. The summed E-state index contributed by atoms with van der Waals surface area (Å²) in [6.45, 7) is 4.20.